The van der Waals surface area contributed by atoms with Crippen molar-refractivity contribution in [2.45, 2.75) is 6.92 Å². The minimum atomic E-state index is 0.556. The van der Waals surface area contributed by atoms with E-state index in [1.165, 1.54) is 0 Å². The maximum atomic E-state index is 10.3. The van der Waals surface area contributed by atoms with E-state index in [2.05, 4.69) is 16.5 Å². The largest absolute Gasteiger partial charge is 0.329 e. The van der Waals surface area contributed by atoms with Gasteiger partial charge < -0.3 is 5.32 Å². The highest BCUT2D eigenvalue weighted by molar-refractivity contribution is 5.71. The Morgan fingerprint density at radius 3 is 2.65 bits per heavy atom. The molecule has 0 saturated carbocycles. The average molecular weight is 226 g/mol. The van der Waals surface area contributed by atoms with Gasteiger partial charge in [0, 0.05) is 11.9 Å². The Balaban J connectivity index is 2.33. The van der Waals surface area contributed by atoms with Crippen molar-refractivity contribution in [2.75, 3.05) is 5.32 Å². The standard InChI is InChI=1S/C12H10N4O/c1-9-10(6-13)7-16(15-9)12-4-2-11(3-5-12)14-8-17/h2-5,7-8H,1H3,(H,14,17). The Morgan fingerprint density at radius 2 is 2.12 bits per heavy atom. The van der Waals surface area contributed by atoms with Gasteiger partial charge in [0.05, 0.1) is 16.9 Å². The molecule has 5 nitrogen and oxygen atoms in total. The number of rotatable bonds is 3. The van der Waals surface area contributed by atoms with Gasteiger partial charge in [0.2, 0.25) is 6.41 Å². The topological polar surface area (TPSA) is 70.7 Å². The first-order valence-corrected chi connectivity index (χ1v) is 5.01. The van der Waals surface area contributed by atoms with E-state index in [0.29, 0.717) is 23.4 Å². The summed E-state index contributed by atoms with van der Waals surface area (Å²) in [4.78, 5) is 10.3. The van der Waals surface area contributed by atoms with E-state index < -0.39 is 0 Å². The van der Waals surface area contributed by atoms with Crippen LogP contribution in [0.25, 0.3) is 5.69 Å². The molecule has 1 heterocycles. The van der Waals surface area contributed by atoms with Gasteiger partial charge in [0.1, 0.15) is 6.07 Å². The Labute approximate surface area is 98.3 Å². The van der Waals surface area contributed by atoms with Crippen LogP contribution in [-0.2, 0) is 4.79 Å². The van der Waals surface area contributed by atoms with Crippen LogP contribution < -0.4 is 5.32 Å². The van der Waals surface area contributed by atoms with Crippen molar-refractivity contribution in [3.8, 4) is 11.8 Å². The number of hydrogen-bond donors (Lipinski definition) is 1. The zero-order valence-corrected chi connectivity index (χ0v) is 9.21. The van der Waals surface area contributed by atoms with E-state index in [4.69, 9.17) is 5.26 Å². The molecule has 0 aliphatic rings. The predicted octanol–water partition coefficient (Wildman–Crippen LogP) is 1.62. The van der Waals surface area contributed by atoms with Crippen LogP contribution in [0.1, 0.15) is 11.3 Å². The molecule has 0 aliphatic heterocycles. The minimum Gasteiger partial charge on any atom is -0.329 e. The van der Waals surface area contributed by atoms with Crippen molar-refractivity contribution in [1.82, 2.24) is 9.78 Å². The summed E-state index contributed by atoms with van der Waals surface area (Å²) in [7, 11) is 0. The minimum absolute atomic E-state index is 0.556. The highest BCUT2D eigenvalue weighted by Crippen LogP contribution is 2.14. The SMILES string of the molecule is Cc1nn(-c2ccc(NC=O)cc2)cc1C#N. The molecule has 2 rings (SSSR count). The van der Waals surface area contributed by atoms with Crippen molar-refractivity contribution < 1.29 is 4.79 Å². The lowest BCUT2D eigenvalue weighted by Crippen LogP contribution is -1.97. The van der Waals surface area contributed by atoms with Crippen LogP contribution >= 0.6 is 0 Å². The average Bonchev–Trinajstić information content (AvgIpc) is 2.72. The lowest BCUT2D eigenvalue weighted by atomic mass is 10.3. The third-order valence-corrected chi connectivity index (χ3v) is 2.38. The van der Waals surface area contributed by atoms with Gasteiger partial charge in [-0.05, 0) is 31.2 Å². The Hall–Kier alpha value is -2.61. The Morgan fingerprint density at radius 1 is 1.41 bits per heavy atom. The quantitative estimate of drug-likeness (QED) is 0.808. The molecule has 1 amide bonds. The fourth-order valence-corrected chi connectivity index (χ4v) is 1.48. The highest BCUT2D eigenvalue weighted by Gasteiger charge is 2.05. The van der Waals surface area contributed by atoms with Gasteiger partial charge in [-0.2, -0.15) is 10.4 Å². The van der Waals surface area contributed by atoms with Gasteiger partial charge in [-0.15, -0.1) is 0 Å². The van der Waals surface area contributed by atoms with Gasteiger partial charge in [-0.1, -0.05) is 0 Å². The molecule has 2 aromatic rings. The van der Waals surface area contributed by atoms with Crippen LogP contribution in [0.3, 0.4) is 0 Å². The van der Waals surface area contributed by atoms with Crippen LogP contribution in [-0.4, -0.2) is 16.2 Å². The number of hydrogen-bond acceptors (Lipinski definition) is 3. The summed E-state index contributed by atoms with van der Waals surface area (Å²) < 4.78 is 1.64. The number of carbonyl (C=O) groups is 1. The third kappa shape index (κ3) is 2.16. The number of nitrogens with one attached hydrogen (secondary N) is 1. The number of nitrogens with zero attached hydrogens (tertiary/aromatic N) is 3. The van der Waals surface area contributed by atoms with Crippen LogP contribution in [0, 0.1) is 18.3 Å². The highest BCUT2D eigenvalue weighted by atomic mass is 16.1. The first-order valence-electron chi connectivity index (χ1n) is 5.01. The number of anilines is 1. The molecule has 17 heavy (non-hydrogen) atoms. The maximum absolute atomic E-state index is 10.3. The predicted molar refractivity (Wildman–Crippen MR) is 62.7 cm³/mol. The second-order valence-electron chi connectivity index (χ2n) is 3.49. The Bertz CT molecular complexity index is 578. The first kappa shape index (κ1) is 10.9. The molecule has 0 unspecified atom stereocenters. The Kier molecular flexibility index (Phi) is 2.88. The van der Waals surface area contributed by atoms with Gasteiger partial charge in [-0.3, -0.25) is 4.79 Å². The molecule has 1 aromatic heterocycles. The van der Waals surface area contributed by atoms with Crippen molar-refractivity contribution in [1.29, 1.82) is 5.26 Å². The van der Waals surface area contributed by atoms with Crippen molar-refractivity contribution in [2.24, 2.45) is 0 Å². The summed E-state index contributed by atoms with van der Waals surface area (Å²) in [6.45, 7) is 1.79. The number of nitriles is 1. The molecular weight excluding hydrogens is 216 g/mol. The molecule has 0 bridgehead atoms. The molecule has 0 fully saturated rings. The molecule has 84 valence electrons. The van der Waals surface area contributed by atoms with Crippen LogP contribution in [0.4, 0.5) is 5.69 Å². The number of aromatic nitrogens is 2. The summed E-state index contributed by atoms with van der Waals surface area (Å²) >= 11 is 0. The van der Waals surface area contributed by atoms with E-state index in [9.17, 15) is 4.79 Å². The zero-order chi connectivity index (χ0) is 12.3. The van der Waals surface area contributed by atoms with E-state index in [0.717, 1.165) is 5.69 Å². The summed E-state index contributed by atoms with van der Waals surface area (Å²) in [5.41, 5.74) is 2.81. The summed E-state index contributed by atoms with van der Waals surface area (Å²) in [6.07, 6.45) is 2.30. The van der Waals surface area contributed by atoms with Crippen molar-refractivity contribution in [3.05, 3.63) is 41.7 Å². The monoisotopic (exact) mass is 226 g/mol. The van der Waals surface area contributed by atoms with Gasteiger partial charge in [-0.25, -0.2) is 4.68 Å². The fourth-order valence-electron chi connectivity index (χ4n) is 1.48. The molecule has 0 atom stereocenters. The smallest absolute Gasteiger partial charge is 0.211 e. The van der Waals surface area contributed by atoms with E-state index in [1.807, 2.05) is 12.1 Å². The second-order valence-corrected chi connectivity index (χ2v) is 3.49. The summed E-state index contributed by atoms with van der Waals surface area (Å²) in [6, 6.07) is 9.25. The fraction of sp³-hybridized carbons (Fsp3) is 0.0833. The first-order chi connectivity index (χ1) is 8.24. The molecule has 5 heteroatoms. The maximum Gasteiger partial charge on any atom is 0.211 e. The molecule has 0 radical (unpaired) electrons. The van der Waals surface area contributed by atoms with Crippen molar-refractivity contribution >= 4 is 12.1 Å². The van der Waals surface area contributed by atoms with E-state index in [1.54, 1.807) is 29.9 Å². The van der Waals surface area contributed by atoms with Crippen LogP contribution in [0.15, 0.2) is 30.5 Å². The normalized spacial score (nSPS) is 9.65. The summed E-state index contributed by atoms with van der Waals surface area (Å²) in [5, 5.41) is 15.6. The molecular formula is C12H10N4O. The van der Waals surface area contributed by atoms with Gasteiger partial charge in [0.15, 0.2) is 0 Å². The number of carbonyl (C=O) groups excluding carboxylic acids is 1. The van der Waals surface area contributed by atoms with E-state index in [-0.39, 0.29) is 0 Å². The number of benzene rings is 1. The van der Waals surface area contributed by atoms with Gasteiger partial charge >= 0.3 is 0 Å². The summed E-state index contributed by atoms with van der Waals surface area (Å²) in [5.74, 6) is 0. The molecule has 0 aliphatic carbocycles. The third-order valence-electron chi connectivity index (χ3n) is 2.38. The van der Waals surface area contributed by atoms with Crippen LogP contribution in [0.5, 0.6) is 0 Å². The van der Waals surface area contributed by atoms with E-state index >= 15 is 0 Å². The molecule has 1 N–H and O–H groups in total. The van der Waals surface area contributed by atoms with Crippen LogP contribution in [0.2, 0.25) is 0 Å². The van der Waals surface area contributed by atoms with Crippen molar-refractivity contribution in [3.63, 3.8) is 0 Å². The van der Waals surface area contributed by atoms with Gasteiger partial charge in [0.25, 0.3) is 0 Å². The number of amides is 1. The second kappa shape index (κ2) is 4.49. The molecule has 1 aromatic carbocycles. The molecule has 0 saturated heterocycles. The lowest BCUT2D eigenvalue weighted by Gasteiger charge is -2.02. The molecule has 0 spiro atoms. The lowest BCUT2D eigenvalue weighted by molar-refractivity contribution is -0.105. The zero-order valence-electron chi connectivity index (χ0n) is 9.21. The number of aryl methyl sites for hydroxylation is 1.